The third-order valence-corrected chi connectivity index (χ3v) is 5.85. The third-order valence-electron chi connectivity index (χ3n) is 3.47. The highest BCUT2D eigenvalue weighted by Crippen LogP contribution is 2.24. The molecule has 1 N–H and O–H groups in total. The molecule has 0 fully saturated rings. The number of carbonyl (C=O) groups excluding carboxylic acids is 2. The van der Waals surface area contributed by atoms with E-state index >= 15 is 0 Å². The van der Waals surface area contributed by atoms with E-state index < -0.39 is 20.2 Å². The molecule has 0 amide bonds. The lowest BCUT2D eigenvalue weighted by Crippen LogP contribution is -2.31. The minimum atomic E-state index is -2.14. The summed E-state index contributed by atoms with van der Waals surface area (Å²) in [7, 11) is -2.14. The van der Waals surface area contributed by atoms with Gasteiger partial charge in [-0.3, -0.25) is 9.59 Å². The predicted octanol–water partition coefficient (Wildman–Crippen LogP) is 4.47. The zero-order valence-corrected chi connectivity index (χ0v) is 18.1. The Balaban J connectivity index is 2.13. The second-order valence-electron chi connectivity index (χ2n) is 7.13. The number of nitrogens with one attached hydrogen (secondary N) is 1. The lowest BCUT2D eigenvalue weighted by atomic mass is 10.00. The Bertz CT molecular complexity index is 618. The Kier molecular flexibility index (Phi) is 10.8. The second kappa shape index (κ2) is 12.2. The summed E-state index contributed by atoms with van der Waals surface area (Å²) in [5.41, 5.74) is 0.557. The summed E-state index contributed by atoms with van der Waals surface area (Å²) < 4.78 is 22.2. The van der Waals surface area contributed by atoms with E-state index in [1.54, 1.807) is 6.92 Å². The van der Waals surface area contributed by atoms with E-state index in [0.717, 1.165) is 12.0 Å². The number of esters is 1. The highest BCUT2D eigenvalue weighted by Gasteiger charge is 2.27. The Morgan fingerprint density at radius 1 is 1.19 bits per heavy atom. The van der Waals surface area contributed by atoms with Gasteiger partial charge in [0.2, 0.25) is 0 Å². The van der Waals surface area contributed by atoms with Crippen LogP contribution in [0, 0.1) is 5.41 Å². The molecule has 27 heavy (non-hydrogen) atoms. The smallest absolute Gasteiger partial charge is 0.460 e. The first kappa shape index (κ1) is 23.8. The average molecular weight is 414 g/mol. The largest absolute Gasteiger partial charge is 0.613 e. The fourth-order valence-electron chi connectivity index (χ4n) is 1.83. The maximum Gasteiger partial charge on any atom is 0.613 e. The molecule has 0 aliphatic carbocycles. The summed E-state index contributed by atoms with van der Waals surface area (Å²) >= 11 is 1.32. The fraction of sp³-hybridized carbons (Fsp3) is 0.579. The van der Waals surface area contributed by atoms with Crippen LogP contribution in [0.5, 0.6) is 0 Å². The molecular weight excluding hydrogens is 385 g/mol. The van der Waals surface area contributed by atoms with E-state index in [9.17, 15) is 14.2 Å². The fourth-order valence-corrected chi connectivity index (χ4v) is 3.59. The lowest BCUT2D eigenvalue weighted by molar-refractivity contribution is -0.146. The van der Waals surface area contributed by atoms with Crippen LogP contribution in [0.4, 0.5) is 0 Å². The van der Waals surface area contributed by atoms with E-state index in [1.807, 2.05) is 51.1 Å². The topological polar surface area (TPSA) is 81.7 Å². The zero-order valence-electron chi connectivity index (χ0n) is 16.4. The van der Waals surface area contributed by atoms with Crippen LogP contribution in [0.2, 0.25) is 0 Å². The Hall–Kier alpha value is -1.27. The van der Waals surface area contributed by atoms with Crippen LogP contribution in [-0.4, -0.2) is 29.5 Å². The van der Waals surface area contributed by atoms with Gasteiger partial charge in [-0.2, -0.15) is 0 Å². The van der Waals surface area contributed by atoms with Crippen LogP contribution >= 0.6 is 19.9 Å². The normalized spacial score (nSPS) is 13.1. The van der Waals surface area contributed by atoms with Gasteiger partial charge in [-0.25, -0.2) is 0 Å². The van der Waals surface area contributed by atoms with Gasteiger partial charge in [0, 0.05) is 11.2 Å². The van der Waals surface area contributed by atoms with E-state index in [0.29, 0.717) is 18.8 Å². The van der Waals surface area contributed by atoms with Gasteiger partial charge in [-0.15, -0.1) is 4.52 Å². The summed E-state index contributed by atoms with van der Waals surface area (Å²) in [6.45, 7) is 7.75. The first-order valence-electron chi connectivity index (χ1n) is 8.94. The summed E-state index contributed by atoms with van der Waals surface area (Å²) in [5, 5.41) is 2.76. The predicted molar refractivity (Wildman–Crippen MR) is 109 cm³/mol. The van der Waals surface area contributed by atoms with Crippen molar-refractivity contribution in [1.82, 2.24) is 5.09 Å². The Morgan fingerprint density at radius 3 is 2.48 bits per heavy atom. The molecule has 0 spiro atoms. The first-order valence-corrected chi connectivity index (χ1v) is 11.1. The van der Waals surface area contributed by atoms with Crippen molar-refractivity contribution in [2.45, 2.75) is 53.2 Å². The van der Waals surface area contributed by atoms with Crippen LogP contribution < -0.4 is 5.09 Å². The number of rotatable bonds is 11. The number of carbonyl (C=O) groups is 2. The van der Waals surface area contributed by atoms with Crippen molar-refractivity contribution in [3.05, 3.63) is 35.9 Å². The molecule has 0 heterocycles. The van der Waals surface area contributed by atoms with Gasteiger partial charge in [0.05, 0.1) is 0 Å². The van der Waals surface area contributed by atoms with Gasteiger partial charge in [-0.1, -0.05) is 68.0 Å². The van der Waals surface area contributed by atoms with Crippen molar-refractivity contribution >= 4 is 31.0 Å². The minimum absolute atomic E-state index is 0.166. The zero-order chi connectivity index (χ0) is 20.3. The SMILES string of the molecule is C[C@H](N[P+](=O)OCCCCSC(=O)C(C)(C)C)C(=O)OCc1ccccc1. The van der Waals surface area contributed by atoms with Crippen molar-refractivity contribution in [1.29, 1.82) is 0 Å². The van der Waals surface area contributed by atoms with E-state index in [1.165, 1.54) is 11.8 Å². The number of ether oxygens (including phenoxy) is 1. The molecule has 1 aromatic carbocycles. The number of hydrogen-bond acceptors (Lipinski definition) is 6. The molecule has 0 aliphatic heterocycles. The Labute approximate surface area is 166 Å². The molecule has 2 atom stereocenters. The molecule has 8 heteroatoms. The summed E-state index contributed by atoms with van der Waals surface area (Å²) in [6, 6.07) is 8.63. The second-order valence-corrected chi connectivity index (χ2v) is 9.23. The molecule has 1 aromatic rings. The van der Waals surface area contributed by atoms with Gasteiger partial charge in [0.15, 0.2) is 5.12 Å². The third kappa shape index (κ3) is 10.6. The standard InChI is InChI=1S/C19H29NO5PS/c1-15(17(21)24-14-16-10-6-5-7-11-16)20-26(23)25-12-8-9-13-27-18(22)19(2,3)4/h5-7,10-11,15H,8-9,12-14H2,1-4H3,(H,20,23)/q+1/t15-/m0/s1. The molecule has 0 saturated heterocycles. The van der Waals surface area contributed by atoms with Gasteiger partial charge < -0.3 is 4.74 Å². The maximum absolute atomic E-state index is 11.9. The van der Waals surface area contributed by atoms with Gasteiger partial charge >= 0.3 is 14.1 Å². The van der Waals surface area contributed by atoms with Crippen LogP contribution in [0.15, 0.2) is 30.3 Å². The van der Waals surface area contributed by atoms with Crippen molar-refractivity contribution < 1.29 is 23.4 Å². The van der Waals surface area contributed by atoms with Gasteiger partial charge in [0.25, 0.3) is 0 Å². The van der Waals surface area contributed by atoms with Crippen molar-refractivity contribution in [3.8, 4) is 0 Å². The van der Waals surface area contributed by atoms with Crippen LogP contribution in [0.25, 0.3) is 0 Å². The van der Waals surface area contributed by atoms with E-state index in [2.05, 4.69) is 5.09 Å². The van der Waals surface area contributed by atoms with Gasteiger partial charge in [-0.05, 0) is 29.9 Å². The number of unbranched alkanes of at least 4 members (excludes halogenated alkanes) is 1. The number of benzene rings is 1. The molecule has 1 rings (SSSR count). The maximum atomic E-state index is 11.9. The van der Waals surface area contributed by atoms with Crippen molar-refractivity contribution in [2.75, 3.05) is 12.4 Å². The Morgan fingerprint density at radius 2 is 1.85 bits per heavy atom. The molecule has 0 saturated carbocycles. The molecule has 0 radical (unpaired) electrons. The van der Waals surface area contributed by atoms with E-state index in [4.69, 9.17) is 9.26 Å². The highest BCUT2D eigenvalue weighted by molar-refractivity contribution is 8.13. The summed E-state index contributed by atoms with van der Waals surface area (Å²) in [5.74, 6) is 0.231. The lowest BCUT2D eigenvalue weighted by Gasteiger charge is -2.15. The molecule has 0 bridgehead atoms. The van der Waals surface area contributed by atoms with Crippen molar-refractivity contribution in [3.63, 3.8) is 0 Å². The molecule has 0 aromatic heterocycles. The van der Waals surface area contributed by atoms with Crippen LogP contribution in [0.1, 0.15) is 46.1 Å². The molecule has 150 valence electrons. The monoisotopic (exact) mass is 414 g/mol. The minimum Gasteiger partial charge on any atom is -0.460 e. The number of hydrogen-bond donors (Lipinski definition) is 1. The molecular formula is C19H29NO5PS+. The van der Waals surface area contributed by atoms with E-state index in [-0.39, 0.29) is 17.1 Å². The molecule has 1 unspecified atom stereocenters. The molecule has 0 aliphatic rings. The highest BCUT2D eigenvalue weighted by atomic mass is 32.2. The molecule has 6 nitrogen and oxygen atoms in total. The van der Waals surface area contributed by atoms with Crippen LogP contribution in [0.3, 0.4) is 0 Å². The van der Waals surface area contributed by atoms with Crippen molar-refractivity contribution in [2.24, 2.45) is 5.41 Å². The quantitative estimate of drug-likeness (QED) is 0.325. The van der Waals surface area contributed by atoms with Gasteiger partial charge in [0.1, 0.15) is 19.3 Å². The van der Waals surface area contributed by atoms with Crippen LogP contribution in [-0.2, 0) is 30.0 Å². The average Bonchev–Trinajstić information content (AvgIpc) is 2.62. The summed E-state index contributed by atoms with van der Waals surface area (Å²) in [4.78, 5) is 23.7. The summed E-state index contributed by atoms with van der Waals surface area (Å²) in [6.07, 6.45) is 1.49. The number of thioether (sulfide) groups is 1. The first-order chi connectivity index (χ1) is 12.7.